The summed E-state index contributed by atoms with van der Waals surface area (Å²) in [5.74, 6) is -0.764. The molecule has 1 aromatic carbocycles. The maximum atomic E-state index is 12.9. The third kappa shape index (κ3) is 4.46. The second-order valence-corrected chi connectivity index (χ2v) is 6.57. The van der Waals surface area contributed by atoms with Crippen LogP contribution in [0.2, 0.25) is 0 Å². The van der Waals surface area contributed by atoms with Crippen LogP contribution in [-0.2, 0) is 14.3 Å². The number of carbonyl (C=O) groups is 2. The molecule has 2 aromatic rings. The first-order valence-electron chi connectivity index (χ1n) is 8.52. The summed E-state index contributed by atoms with van der Waals surface area (Å²) >= 11 is 1.53. The summed E-state index contributed by atoms with van der Waals surface area (Å²) in [6.45, 7) is 1.99. The van der Waals surface area contributed by atoms with Crippen molar-refractivity contribution in [2.45, 2.75) is 24.4 Å². The molecular formula is C19H20N4O3S. The summed E-state index contributed by atoms with van der Waals surface area (Å²) in [6.07, 6.45) is 3.72. The molecule has 27 heavy (non-hydrogen) atoms. The minimum Gasteiger partial charge on any atom is -0.461 e. The van der Waals surface area contributed by atoms with E-state index >= 15 is 0 Å². The van der Waals surface area contributed by atoms with E-state index in [1.807, 2.05) is 42.7 Å². The Labute approximate surface area is 161 Å². The van der Waals surface area contributed by atoms with Crippen molar-refractivity contribution in [2.24, 2.45) is 5.10 Å². The van der Waals surface area contributed by atoms with E-state index in [9.17, 15) is 9.59 Å². The molecule has 0 bridgehead atoms. The molecule has 0 saturated heterocycles. The highest BCUT2D eigenvalue weighted by molar-refractivity contribution is 7.98. The number of carbonyl (C=O) groups excluding carboxylic acids is 2. The minimum absolute atomic E-state index is 0.176. The van der Waals surface area contributed by atoms with E-state index in [1.165, 1.54) is 11.8 Å². The Kier molecular flexibility index (Phi) is 6.08. The first kappa shape index (κ1) is 18.9. The fraction of sp³-hybridized carbons (Fsp3) is 0.263. The first-order valence-corrected chi connectivity index (χ1v) is 9.74. The lowest BCUT2D eigenvalue weighted by Crippen LogP contribution is -2.38. The highest BCUT2D eigenvalue weighted by Gasteiger charge is 2.36. The van der Waals surface area contributed by atoms with Crippen LogP contribution in [0.5, 0.6) is 0 Å². The molecule has 1 N–H and O–H groups in total. The van der Waals surface area contributed by atoms with Gasteiger partial charge in [0.1, 0.15) is 11.8 Å². The quantitative estimate of drug-likeness (QED) is 0.609. The van der Waals surface area contributed by atoms with Gasteiger partial charge in [-0.25, -0.2) is 9.78 Å². The average molecular weight is 384 g/mol. The van der Waals surface area contributed by atoms with E-state index in [1.54, 1.807) is 24.2 Å². The van der Waals surface area contributed by atoms with Crippen LogP contribution in [0.1, 0.15) is 13.3 Å². The van der Waals surface area contributed by atoms with E-state index < -0.39 is 12.0 Å². The second-order valence-electron chi connectivity index (χ2n) is 5.75. The highest BCUT2D eigenvalue weighted by Crippen LogP contribution is 2.26. The topological polar surface area (TPSA) is 83.9 Å². The van der Waals surface area contributed by atoms with Crippen LogP contribution in [0.4, 0.5) is 11.4 Å². The molecule has 0 saturated carbocycles. The predicted octanol–water partition coefficient (Wildman–Crippen LogP) is 2.94. The van der Waals surface area contributed by atoms with Crippen LogP contribution >= 0.6 is 11.8 Å². The monoisotopic (exact) mass is 384 g/mol. The SMILES string of the molecule is CCOC(=O)C1=NN(c2ccccc2)C(C(=O)Nc2ccc(SC)nc2)C1. The molecule has 2 heterocycles. The summed E-state index contributed by atoms with van der Waals surface area (Å²) in [6, 6.07) is 12.3. The number of aromatic nitrogens is 1. The Morgan fingerprint density at radius 1 is 1.26 bits per heavy atom. The normalized spacial score (nSPS) is 16.0. The summed E-state index contributed by atoms with van der Waals surface area (Å²) < 4.78 is 5.04. The number of pyridine rings is 1. The zero-order valence-corrected chi connectivity index (χ0v) is 15.9. The molecule has 8 heteroatoms. The van der Waals surface area contributed by atoms with Gasteiger partial charge in [0.05, 0.1) is 29.2 Å². The molecule has 140 valence electrons. The van der Waals surface area contributed by atoms with E-state index in [4.69, 9.17) is 4.74 Å². The van der Waals surface area contributed by atoms with Crippen molar-refractivity contribution in [1.29, 1.82) is 0 Å². The Morgan fingerprint density at radius 3 is 2.67 bits per heavy atom. The number of amides is 1. The van der Waals surface area contributed by atoms with Gasteiger partial charge in [0.15, 0.2) is 0 Å². The molecule has 1 unspecified atom stereocenters. The standard InChI is InChI=1S/C19H20N4O3S/c1-3-26-19(25)15-11-16(23(22-15)14-7-5-4-6-8-14)18(24)21-13-9-10-17(27-2)20-12-13/h4-10,12,16H,3,11H2,1-2H3,(H,21,24). The molecule has 1 aromatic heterocycles. The lowest BCUT2D eigenvalue weighted by molar-refractivity contribution is -0.135. The van der Waals surface area contributed by atoms with Crippen molar-refractivity contribution in [2.75, 3.05) is 23.2 Å². The lowest BCUT2D eigenvalue weighted by Gasteiger charge is -2.22. The second kappa shape index (κ2) is 8.68. The molecule has 0 radical (unpaired) electrons. The van der Waals surface area contributed by atoms with Crippen molar-refractivity contribution >= 4 is 40.7 Å². The van der Waals surface area contributed by atoms with Crippen LogP contribution in [-0.4, -0.2) is 41.5 Å². The van der Waals surface area contributed by atoms with Gasteiger partial charge in [0.25, 0.3) is 0 Å². The molecule has 7 nitrogen and oxygen atoms in total. The number of esters is 1. The Balaban J connectivity index is 1.80. The minimum atomic E-state index is -0.646. The number of thioether (sulfide) groups is 1. The number of nitrogens with zero attached hydrogens (tertiary/aromatic N) is 3. The first-order chi connectivity index (χ1) is 13.1. The zero-order chi connectivity index (χ0) is 19.2. The molecule has 1 aliphatic heterocycles. The van der Waals surface area contributed by atoms with Crippen LogP contribution < -0.4 is 10.3 Å². The summed E-state index contributed by atoms with van der Waals surface area (Å²) in [4.78, 5) is 29.2. The maximum absolute atomic E-state index is 12.9. The number of benzene rings is 1. The Morgan fingerprint density at radius 2 is 2.04 bits per heavy atom. The molecular weight excluding hydrogens is 364 g/mol. The number of nitrogens with one attached hydrogen (secondary N) is 1. The number of rotatable bonds is 6. The van der Waals surface area contributed by atoms with Crippen LogP contribution in [0, 0.1) is 0 Å². The largest absolute Gasteiger partial charge is 0.461 e. The molecule has 1 aliphatic rings. The molecule has 0 fully saturated rings. The third-order valence-corrected chi connectivity index (χ3v) is 4.62. The van der Waals surface area contributed by atoms with Crippen molar-refractivity contribution in [3.8, 4) is 0 Å². The van der Waals surface area contributed by atoms with E-state index in [0.717, 1.165) is 10.7 Å². The fourth-order valence-corrected chi connectivity index (χ4v) is 3.03. The average Bonchev–Trinajstić information content (AvgIpc) is 3.15. The number of para-hydroxylation sites is 1. The van der Waals surface area contributed by atoms with Gasteiger partial charge in [-0.3, -0.25) is 9.80 Å². The molecule has 1 amide bonds. The Hall–Kier alpha value is -2.87. The van der Waals surface area contributed by atoms with Crippen molar-refractivity contribution < 1.29 is 14.3 Å². The van der Waals surface area contributed by atoms with Gasteiger partial charge in [-0.1, -0.05) is 18.2 Å². The number of hydrogen-bond donors (Lipinski definition) is 1. The van der Waals surface area contributed by atoms with Gasteiger partial charge in [-0.15, -0.1) is 11.8 Å². The van der Waals surface area contributed by atoms with Gasteiger partial charge in [-0.2, -0.15) is 5.10 Å². The van der Waals surface area contributed by atoms with E-state index in [2.05, 4.69) is 15.4 Å². The molecule has 0 spiro atoms. The zero-order valence-electron chi connectivity index (χ0n) is 15.1. The van der Waals surface area contributed by atoms with Crippen LogP contribution in [0.15, 0.2) is 58.8 Å². The lowest BCUT2D eigenvalue weighted by atomic mass is 10.1. The fourth-order valence-electron chi connectivity index (χ4n) is 2.67. The van der Waals surface area contributed by atoms with Gasteiger partial charge < -0.3 is 10.1 Å². The molecule has 0 aliphatic carbocycles. The summed E-state index contributed by atoms with van der Waals surface area (Å²) in [5.41, 5.74) is 1.56. The smallest absolute Gasteiger partial charge is 0.354 e. The van der Waals surface area contributed by atoms with Gasteiger partial charge in [0, 0.05) is 6.42 Å². The van der Waals surface area contributed by atoms with E-state index in [-0.39, 0.29) is 24.6 Å². The Bertz CT molecular complexity index is 840. The number of hydrazone groups is 1. The van der Waals surface area contributed by atoms with Crippen LogP contribution in [0.3, 0.4) is 0 Å². The van der Waals surface area contributed by atoms with Crippen molar-refractivity contribution in [3.05, 3.63) is 48.7 Å². The van der Waals surface area contributed by atoms with Crippen molar-refractivity contribution in [3.63, 3.8) is 0 Å². The molecule has 1 atom stereocenters. The molecule has 3 rings (SSSR count). The third-order valence-electron chi connectivity index (χ3n) is 3.96. The predicted molar refractivity (Wildman–Crippen MR) is 106 cm³/mol. The van der Waals surface area contributed by atoms with E-state index in [0.29, 0.717) is 5.69 Å². The van der Waals surface area contributed by atoms with Gasteiger partial charge >= 0.3 is 5.97 Å². The van der Waals surface area contributed by atoms with Crippen LogP contribution in [0.25, 0.3) is 0 Å². The summed E-state index contributed by atoms with van der Waals surface area (Å²) in [7, 11) is 0. The van der Waals surface area contributed by atoms with Gasteiger partial charge in [0.2, 0.25) is 5.91 Å². The summed E-state index contributed by atoms with van der Waals surface area (Å²) in [5, 5.41) is 9.62. The van der Waals surface area contributed by atoms with Gasteiger partial charge in [-0.05, 0) is 37.4 Å². The number of hydrogen-bond acceptors (Lipinski definition) is 7. The number of ether oxygens (including phenoxy) is 1. The highest BCUT2D eigenvalue weighted by atomic mass is 32.2. The maximum Gasteiger partial charge on any atom is 0.354 e. The van der Waals surface area contributed by atoms with Crippen molar-refractivity contribution in [1.82, 2.24) is 4.98 Å². The number of anilines is 2.